The highest BCUT2D eigenvalue weighted by Crippen LogP contribution is 2.43. The summed E-state index contributed by atoms with van der Waals surface area (Å²) >= 11 is 0. The molecule has 1 heterocycles. The van der Waals surface area contributed by atoms with Crippen molar-refractivity contribution < 1.29 is 24.1 Å². The van der Waals surface area contributed by atoms with E-state index < -0.39 is 17.6 Å². The van der Waals surface area contributed by atoms with Gasteiger partial charge in [0.15, 0.2) is 11.6 Å². The van der Waals surface area contributed by atoms with Crippen LogP contribution in [0.15, 0.2) is 82.9 Å². The lowest BCUT2D eigenvalue weighted by molar-refractivity contribution is -0.125. The second-order valence-corrected chi connectivity index (χ2v) is 8.42. The predicted molar refractivity (Wildman–Crippen MR) is 138 cm³/mol. The molecule has 0 radical (unpaired) electrons. The number of hydrogen-bond acceptors (Lipinski definition) is 7. The van der Waals surface area contributed by atoms with Crippen molar-refractivity contribution in [1.82, 2.24) is 0 Å². The molecule has 3 N–H and O–H groups in total. The van der Waals surface area contributed by atoms with Crippen LogP contribution in [0, 0.1) is 0 Å². The Labute approximate surface area is 213 Å². The smallest absolute Gasteiger partial charge is 0.250 e. The largest absolute Gasteiger partial charge is 0.497 e. The van der Waals surface area contributed by atoms with Crippen molar-refractivity contribution in [1.29, 1.82) is 0 Å². The van der Waals surface area contributed by atoms with Crippen LogP contribution in [-0.2, 0) is 16.0 Å². The van der Waals surface area contributed by atoms with E-state index >= 15 is 0 Å². The van der Waals surface area contributed by atoms with E-state index in [9.17, 15) is 4.79 Å². The Morgan fingerprint density at radius 2 is 1.95 bits per heavy atom. The third-order valence-corrected chi connectivity index (χ3v) is 6.06. The Kier molecular flexibility index (Phi) is 7.92. The maximum Gasteiger partial charge on any atom is 0.250 e. The molecule has 0 fully saturated rings. The zero-order valence-electron chi connectivity index (χ0n) is 20.3. The average Bonchev–Trinajstić information content (AvgIpc) is 3.31. The Morgan fingerprint density at radius 3 is 2.65 bits per heavy atom. The summed E-state index contributed by atoms with van der Waals surface area (Å²) in [4.78, 5) is 20.9. The summed E-state index contributed by atoms with van der Waals surface area (Å²) in [5.74, 6) is 0.779. The van der Waals surface area contributed by atoms with Crippen LogP contribution in [0.25, 0.3) is 10.4 Å². The number of carbonyl (C=O) groups excluding carboxylic acids is 1. The molecule has 3 aromatic carbocycles. The summed E-state index contributed by atoms with van der Waals surface area (Å²) in [7, 11) is 1.55. The lowest BCUT2D eigenvalue weighted by Crippen LogP contribution is -2.47. The first-order valence-electron chi connectivity index (χ1n) is 11.7. The van der Waals surface area contributed by atoms with Gasteiger partial charge in [0.2, 0.25) is 11.8 Å². The van der Waals surface area contributed by atoms with E-state index in [0.717, 1.165) is 0 Å². The fraction of sp³-hybridized carbons (Fsp3) is 0.259. The number of ether oxygens (including phenoxy) is 3. The van der Waals surface area contributed by atoms with Gasteiger partial charge in [-0.1, -0.05) is 41.5 Å². The molecule has 10 heteroatoms. The van der Waals surface area contributed by atoms with Crippen molar-refractivity contribution in [2.24, 2.45) is 15.8 Å². The fourth-order valence-corrected chi connectivity index (χ4v) is 4.20. The first kappa shape index (κ1) is 25.6. The molecular formula is C27H27N5O5. The Morgan fingerprint density at radius 1 is 1.16 bits per heavy atom. The van der Waals surface area contributed by atoms with Crippen molar-refractivity contribution in [3.63, 3.8) is 0 Å². The maximum atomic E-state index is 13.2. The summed E-state index contributed by atoms with van der Waals surface area (Å²) < 4.78 is 17.3. The fourth-order valence-electron chi connectivity index (χ4n) is 4.20. The van der Waals surface area contributed by atoms with Crippen LogP contribution in [0.5, 0.6) is 11.5 Å². The number of hydrogen-bond donors (Lipinski definition) is 2. The van der Waals surface area contributed by atoms with E-state index in [1.54, 1.807) is 73.8 Å². The number of methoxy groups -OCH3 is 1. The van der Waals surface area contributed by atoms with Gasteiger partial charge in [-0.15, -0.1) is 0 Å². The Bertz CT molecular complexity index is 1340. The van der Waals surface area contributed by atoms with Gasteiger partial charge >= 0.3 is 0 Å². The van der Waals surface area contributed by atoms with E-state index in [1.165, 1.54) is 0 Å². The number of aliphatic hydroxyl groups excluding tert-OH is 1. The van der Waals surface area contributed by atoms with Gasteiger partial charge in [-0.2, -0.15) is 0 Å². The van der Waals surface area contributed by atoms with E-state index in [0.29, 0.717) is 46.9 Å². The summed E-state index contributed by atoms with van der Waals surface area (Å²) in [6.07, 6.45) is -0.293. The number of nitrogens with zero attached hydrogens (tertiary/aromatic N) is 4. The second-order valence-electron chi connectivity index (χ2n) is 8.42. The van der Waals surface area contributed by atoms with Crippen molar-refractivity contribution >= 4 is 17.5 Å². The molecule has 1 aliphatic rings. The molecule has 1 aliphatic heterocycles. The topological polar surface area (TPSA) is 152 Å². The van der Waals surface area contributed by atoms with Gasteiger partial charge in [0.1, 0.15) is 11.5 Å². The summed E-state index contributed by atoms with van der Waals surface area (Å²) in [5.41, 5.74) is 15.8. The van der Waals surface area contributed by atoms with Crippen LogP contribution in [0.2, 0.25) is 0 Å². The molecule has 190 valence electrons. The number of carbonyl (C=O) groups is 1. The van der Waals surface area contributed by atoms with E-state index in [1.807, 2.05) is 6.07 Å². The average molecular weight is 502 g/mol. The first-order valence-corrected chi connectivity index (χ1v) is 11.7. The number of primary amides is 1. The minimum Gasteiger partial charge on any atom is -0.497 e. The van der Waals surface area contributed by atoms with Crippen LogP contribution in [0.3, 0.4) is 0 Å². The van der Waals surface area contributed by atoms with Crippen LogP contribution in [0.4, 0.5) is 5.69 Å². The molecule has 0 spiro atoms. The highest BCUT2D eigenvalue weighted by Gasteiger charge is 2.52. The van der Waals surface area contributed by atoms with Gasteiger partial charge in [-0.25, -0.2) is 4.99 Å². The quantitative estimate of drug-likeness (QED) is 0.173. The van der Waals surface area contributed by atoms with Crippen LogP contribution >= 0.6 is 0 Å². The molecule has 0 aliphatic carbocycles. The SMILES string of the molecule is COc1cccc([C@H]2OC(c3ccc(OCCCO)cc3)=N[C@@]2(Cc2ccccc2N=[N+]=[N-])C(N)=O)c1. The molecule has 0 saturated carbocycles. The zero-order chi connectivity index (χ0) is 26.3. The van der Waals surface area contributed by atoms with Gasteiger partial charge in [0.05, 0.1) is 13.7 Å². The van der Waals surface area contributed by atoms with Crippen LogP contribution in [-0.4, -0.2) is 42.8 Å². The number of amides is 1. The van der Waals surface area contributed by atoms with Crippen molar-refractivity contribution in [2.45, 2.75) is 24.5 Å². The van der Waals surface area contributed by atoms with Gasteiger partial charge in [0.25, 0.3) is 0 Å². The summed E-state index contributed by atoms with van der Waals surface area (Å²) in [5, 5.41) is 12.7. The zero-order valence-corrected chi connectivity index (χ0v) is 20.3. The molecule has 10 nitrogen and oxygen atoms in total. The van der Waals surface area contributed by atoms with Gasteiger partial charge in [0, 0.05) is 35.6 Å². The van der Waals surface area contributed by atoms with E-state index in [4.69, 9.17) is 35.6 Å². The van der Waals surface area contributed by atoms with E-state index in [2.05, 4.69) is 10.0 Å². The predicted octanol–water partition coefficient (Wildman–Crippen LogP) is 4.38. The number of aliphatic imine (C=N–C) groups is 1. The standard InChI is InChI=1S/C27H27N5O5/c1-35-22-8-4-7-19(16-22)24-27(26(28)34,17-20-6-2-3-9-23(20)31-32-29)30-25(37-24)18-10-12-21(13-11-18)36-15-5-14-33/h2-4,6-13,16,24,33H,5,14-15,17H2,1H3,(H2,28,34)/t24-,27-/m1/s1. The number of aliphatic hydroxyl groups is 1. The lowest BCUT2D eigenvalue weighted by Gasteiger charge is -2.29. The highest BCUT2D eigenvalue weighted by molar-refractivity contribution is 6.00. The van der Waals surface area contributed by atoms with Crippen molar-refractivity contribution in [3.8, 4) is 11.5 Å². The maximum absolute atomic E-state index is 13.2. The molecule has 3 aromatic rings. The third kappa shape index (κ3) is 5.50. The van der Waals surface area contributed by atoms with Crippen LogP contribution < -0.4 is 15.2 Å². The molecule has 37 heavy (non-hydrogen) atoms. The second kappa shape index (κ2) is 11.5. The van der Waals surface area contributed by atoms with Gasteiger partial charge < -0.3 is 25.1 Å². The number of azide groups is 1. The lowest BCUT2D eigenvalue weighted by atomic mass is 9.82. The molecule has 0 aromatic heterocycles. The van der Waals surface area contributed by atoms with Gasteiger partial charge in [-0.3, -0.25) is 4.79 Å². The molecule has 0 saturated heterocycles. The summed E-state index contributed by atoms with van der Waals surface area (Å²) in [6.45, 7) is 0.437. The third-order valence-electron chi connectivity index (χ3n) is 6.06. The number of benzene rings is 3. The van der Waals surface area contributed by atoms with Crippen molar-refractivity contribution in [3.05, 3.63) is 99.9 Å². The Balaban J connectivity index is 1.78. The summed E-state index contributed by atoms with van der Waals surface area (Å²) in [6, 6.07) is 21.2. The molecular weight excluding hydrogens is 474 g/mol. The molecule has 0 unspecified atom stereocenters. The minimum absolute atomic E-state index is 0.0469. The van der Waals surface area contributed by atoms with Crippen molar-refractivity contribution in [2.75, 3.05) is 20.3 Å². The molecule has 2 atom stereocenters. The van der Waals surface area contributed by atoms with E-state index in [-0.39, 0.29) is 18.9 Å². The number of nitrogens with two attached hydrogens (primary N) is 1. The number of rotatable bonds is 11. The molecule has 4 rings (SSSR count). The minimum atomic E-state index is -1.53. The molecule has 1 amide bonds. The Hall–Kier alpha value is -4.53. The van der Waals surface area contributed by atoms with Crippen LogP contribution in [0.1, 0.15) is 29.2 Å². The monoisotopic (exact) mass is 501 g/mol. The first-order chi connectivity index (χ1) is 18.0. The van der Waals surface area contributed by atoms with Gasteiger partial charge in [-0.05, 0) is 53.1 Å². The highest BCUT2D eigenvalue weighted by atomic mass is 16.5. The molecule has 0 bridgehead atoms. The normalized spacial score (nSPS) is 18.3.